The Balaban J connectivity index is 2.02. The van der Waals surface area contributed by atoms with Gasteiger partial charge in [0.1, 0.15) is 0 Å². The van der Waals surface area contributed by atoms with E-state index in [4.69, 9.17) is 9.26 Å². The summed E-state index contributed by atoms with van der Waals surface area (Å²) < 4.78 is 13.5. The van der Waals surface area contributed by atoms with Crippen LogP contribution >= 0.6 is 11.3 Å². The molecule has 0 N–H and O–H groups in total. The van der Waals surface area contributed by atoms with Gasteiger partial charge in [0, 0.05) is 19.2 Å². The van der Waals surface area contributed by atoms with Crippen molar-refractivity contribution in [3.8, 4) is 0 Å². The summed E-state index contributed by atoms with van der Waals surface area (Å²) in [7, 11) is 0. The van der Waals surface area contributed by atoms with Crippen LogP contribution in [0.2, 0.25) is 0 Å². The molecule has 0 aliphatic carbocycles. The number of nitrogens with zero attached hydrogens (tertiary/aromatic N) is 3. The minimum atomic E-state index is -0.428. The zero-order valence-corrected chi connectivity index (χ0v) is 13.8. The van der Waals surface area contributed by atoms with Gasteiger partial charge in [0.25, 0.3) is 0 Å². The Morgan fingerprint density at radius 3 is 3.00 bits per heavy atom. The Morgan fingerprint density at radius 2 is 2.26 bits per heavy atom. The second kappa shape index (κ2) is 6.89. The van der Waals surface area contributed by atoms with Crippen LogP contribution in [0.25, 0.3) is 10.2 Å². The van der Waals surface area contributed by atoms with Crippen molar-refractivity contribution in [3.05, 3.63) is 46.6 Å². The van der Waals surface area contributed by atoms with Crippen LogP contribution in [-0.4, -0.2) is 28.8 Å². The van der Waals surface area contributed by atoms with Gasteiger partial charge in [-0.05, 0) is 26.0 Å². The van der Waals surface area contributed by atoms with Crippen molar-refractivity contribution in [2.45, 2.75) is 20.4 Å². The average molecular weight is 331 g/mol. The van der Waals surface area contributed by atoms with E-state index in [0.29, 0.717) is 30.3 Å². The molecule has 6 nitrogen and oxygen atoms in total. The number of hydrogen-bond donors (Lipinski definition) is 0. The molecule has 7 heteroatoms. The molecule has 0 unspecified atom stereocenters. The van der Waals surface area contributed by atoms with E-state index in [1.807, 2.05) is 35.8 Å². The predicted octanol–water partition coefficient (Wildman–Crippen LogP) is 2.78. The van der Waals surface area contributed by atoms with Gasteiger partial charge < -0.3 is 13.8 Å². The fraction of sp³-hybridized carbons (Fsp3) is 0.312. The van der Waals surface area contributed by atoms with E-state index < -0.39 is 5.91 Å². The molecule has 23 heavy (non-hydrogen) atoms. The van der Waals surface area contributed by atoms with Crippen LogP contribution in [0.1, 0.15) is 23.2 Å². The van der Waals surface area contributed by atoms with Gasteiger partial charge in [0.2, 0.25) is 5.76 Å². The van der Waals surface area contributed by atoms with Crippen molar-refractivity contribution in [1.82, 2.24) is 9.72 Å². The standard InChI is InChI=1S/C16H17N3O3S/c1-3-21-9-8-19-12-6-4-5-7-14(12)23-16(19)17-15(20)13-10-11(2)18-22-13/h4-7,10H,3,8-9H2,1-2H3. The van der Waals surface area contributed by atoms with Crippen LogP contribution < -0.4 is 4.80 Å². The first-order chi connectivity index (χ1) is 11.2. The number of aryl methyl sites for hydroxylation is 1. The first kappa shape index (κ1) is 15.6. The second-order valence-electron chi connectivity index (χ2n) is 4.95. The molecule has 0 saturated carbocycles. The Hall–Kier alpha value is -2.25. The minimum Gasteiger partial charge on any atom is -0.380 e. The number of hydrogen-bond acceptors (Lipinski definition) is 5. The molecule has 0 saturated heterocycles. The summed E-state index contributed by atoms with van der Waals surface area (Å²) in [5.41, 5.74) is 1.70. The fourth-order valence-corrected chi connectivity index (χ4v) is 3.28. The molecule has 0 aliphatic heterocycles. The van der Waals surface area contributed by atoms with E-state index in [1.165, 1.54) is 11.3 Å². The Bertz CT molecular complexity index is 891. The zero-order valence-electron chi connectivity index (χ0n) is 13.0. The summed E-state index contributed by atoms with van der Waals surface area (Å²) in [4.78, 5) is 17.1. The summed E-state index contributed by atoms with van der Waals surface area (Å²) in [6.07, 6.45) is 0. The number of benzene rings is 1. The number of aromatic nitrogens is 2. The molecule has 3 aromatic rings. The molecule has 1 aromatic carbocycles. The lowest BCUT2D eigenvalue weighted by molar-refractivity contribution is 0.0961. The number of thiazole rings is 1. The number of carbonyl (C=O) groups is 1. The lowest BCUT2D eigenvalue weighted by Gasteiger charge is -2.04. The van der Waals surface area contributed by atoms with Gasteiger partial charge >= 0.3 is 5.91 Å². The van der Waals surface area contributed by atoms with Crippen molar-refractivity contribution in [1.29, 1.82) is 0 Å². The fourth-order valence-electron chi connectivity index (χ4n) is 2.23. The summed E-state index contributed by atoms with van der Waals surface area (Å²) >= 11 is 1.47. The molecule has 2 heterocycles. The largest absolute Gasteiger partial charge is 0.380 e. The van der Waals surface area contributed by atoms with Crippen molar-refractivity contribution >= 4 is 27.5 Å². The average Bonchev–Trinajstić information content (AvgIpc) is 3.12. The molecular weight excluding hydrogens is 314 g/mol. The Morgan fingerprint density at radius 1 is 1.43 bits per heavy atom. The normalized spacial score (nSPS) is 12.2. The second-order valence-corrected chi connectivity index (χ2v) is 5.96. The van der Waals surface area contributed by atoms with E-state index in [1.54, 1.807) is 13.0 Å². The number of para-hydroxylation sites is 1. The first-order valence-electron chi connectivity index (χ1n) is 7.37. The van der Waals surface area contributed by atoms with Gasteiger partial charge in [-0.3, -0.25) is 4.79 Å². The minimum absolute atomic E-state index is 0.149. The quantitative estimate of drug-likeness (QED) is 0.674. The molecule has 3 rings (SSSR count). The molecule has 0 spiro atoms. The number of rotatable bonds is 5. The summed E-state index contributed by atoms with van der Waals surface area (Å²) in [6.45, 7) is 5.59. The molecule has 0 radical (unpaired) electrons. The van der Waals surface area contributed by atoms with E-state index in [-0.39, 0.29) is 5.76 Å². The van der Waals surface area contributed by atoms with Crippen LogP contribution in [0.5, 0.6) is 0 Å². The molecule has 2 aromatic heterocycles. The summed E-state index contributed by atoms with van der Waals surface area (Å²) in [6, 6.07) is 9.55. The van der Waals surface area contributed by atoms with E-state index in [0.717, 1.165) is 10.2 Å². The molecule has 1 amide bonds. The van der Waals surface area contributed by atoms with E-state index >= 15 is 0 Å². The Kier molecular flexibility index (Phi) is 4.68. The molecule has 0 atom stereocenters. The number of carbonyl (C=O) groups excluding carboxylic acids is 1. The number of ether oxygens (including phenoxy) is 1. The van der Waals surface area contributed by atoms with Crippen LogP contribution in [-0.2, 0) is 11.3 Å². The maximum Gasteiger partial charge on any atom is 0.318 e. The molecular formula is C16H17N3O3S. The SMILES string of the molecule is CCOCCn1c(=NC(=O)c2cc(C)no2)sc2ccccc21. The third kappa shape index (κ3) is 3.40. The number of fused-ring (bicyclic) bond motifs is 1. The van der Waals surface area contributed by atoms with E-state index in [9.17, 15) is 4.79 Å². The lowest BCUT2D eigenvalue weighted by Crippen LogP contribution is -2.19. The monoisotopic (exact) mass is 331 g/mol. The smallest absolute Gasteiger partial charge is 0.318 e. The maximum atomic E-state index is 12.2. The third-order valence-electron chi connectivity index (χ3n) is 3.29. The summed E-state index contributed by atoms with van der Waals surface area (Å²) in [5.74, 6) is -0.279. The van der Waals surface area contributed by atoms with Gasteiger partial charge in [-0.25, -0.2) is 0 Å². The first-order valence-corrected chi connectivity index (χ1v) is 8.19. The van der Waals surface area contributed by atoms with Gasteiger partial charge in [-0.15, -0.1) is 0 Å². The van der Waals surface area contributed by atoms with E-state index in [2.05, 4.69) is 10.1 Å². The highest BCUT2D eigenvalue weighted by Gasteiger charge is 2.12. The lowest BCUT2D eigenvalue weighted by atomic mass is 10.3. The third-order valence-corrected chi connectivity index (χ3v) is 4.35. The topological polar surface area (TPSA) is 69.6 Å². The number of amides is 1. The molecule has 120 valence electrons. The predicted molar refractivity (Wildman–Crippen MR) is 87.4 cm³/mol. The molecule has 0 fully saturated rings. The highest BCUT2D eigenvalue weighted by Crippen LogP contribution is 2.17. The highest BCUT2D eigenvalue weighted by molar-refractivity contribution is 7.16. The maximum absolute atomic E-state index is 12.2. The summed E-state index contributed by atoms with van der Waals surface area (Å²) in [5, 5.41) is 3.73. The zero-order chi connectivity index (χ0) is 16.2. The van der Waals surface area contributed by atoms with Gasteiger partial charge in [-0.2, -0.15) is 4.99 Å². The van der Waals surface area contributed by atoms with Crippen LogP contribution in [0.15, 0.2) is 39.8 Å². The Labute approximate surface area is 137 Å². The molecule has 0 bridgehead atoms. The van der Waals surface area contributed by atoms with Crippen LogP contribution in [0.3, 0.4) is 0 Å². The van der Waals surface area contributed by atoms with Crippen molar-refractivity contribution < 1.29 is 14.1 Å². The van der Waals surface area contributed by atoms with Crippen LogP contribution in [0, 0.1) is 6.92 Å². The van der Waals surface area contributed by atoms with Gasteiger partial charge in [-0.1, -0.05) is 28.6 Å². The van der Waals surface area contributed by atoms with Crippen molar-refractivity contribution in [2.24, 2.45) is 4.99 Å². The van der Waals surface area contributed by atoms with Crippen molar-refractivity contribution in [2.75, 3.05) is 13.2 Å². The van der Waals surface area contributed by atoms with Crippen LogP contribution in [0.4, 0.5) is 0 Å². The van der Waals surface area contributed by atoms with Crippen molar-refractivity contribution in [3.63, 3.8) is 0 Å². The van der Waals surface area contributed by atoms with Gasteiger partial charge in [0.15, 0.2) is 4.80 Å². The molecule has 0 aliphatic rings. The highest BCUT2D eigenvalue weighted by atomic mass is 32.1. The van der Waals surface area contributed by atoms with Gasteiger partial charge in [0.05, 0.1) is 22.5 Å².